The van der Waals surface area contributed by atoms with Crippen LogP contribution in [-0.2, 0) is 0 Å². The quantitative estimate of drug-likeness (QED) is 0.941. The third-order valence-electron chi connectivity index (χ3n) is 2.72. The van der Waals surface area contributed by atoms with Crippen molar-refractivity contribution in [2.75, 3.05) is 6.61 Å². The predicted molar refractivity (Wildman–Crippen MR) is 66.2 cm³/mol. The van der Waals surface area contributed by atoms with Crippen molar-refractivity contribution in [1.82, 2.24) is 15.0 Å². The highest BCUT2D eigenvalue weighted by molar-refractivity contribution is 9.10. The fourth-order valence-electron chi connectivity index (χ4n) is 1.74. The molecule has 0 amide bonds. The molecule has 1 heterocycles. The lowest BCUT2D eigenvalue weighted by molar-refractivity contribution is 0.184. The number of halogens is 1. The molecular formula is C11H14BrN3O. The Labute approximate surface area is 102 Å². The van der Waals surface area contributed by atoms with Gasteiger partial charge < -0.3 is 5.11 Å². The fraction of sp³-hybridized carbons (Fsp3) is 0.455. The molecular weight excluding hydrogens is 270 g/mol. The van der Waals surface area contributed by atoms with E-state index in [1.54, 1.807) is 4.68 Å². The highest BCUT2D eigenvalue weighted by Gasteiger charge is 2.18. The van der Waals surface area contributed by atoms with Crippen LogP contribution in [0.25, 0.3) is 11.0 Å². The molecule has 1 N–H and O–H groups in total. The van der Waals surface area contributed by atoms with Gasteiger partial charge in [-0.25, -0.2) is 4.68 Å². The van der Waals surface area contributed by atoms with Gasteiger partial charge in [0.25, 0.3) is 0 Å². The largest absolute Gasteiger partial charge is 0.394 e. The van der Waals surface area contributed by atoms with Gasteiger partial charge in [-0.05, 0) is 34.0 Å². The van der Waals surface area contributed by atoms with E-state index in [4.69, 9.17) is 0 Å². The van der Waals surface area contributed by atoms with Gasteiger partial charge >= 0.3 is 0 Å². The maximum atomic E-state index is 9.40. The number of hydrogen-bond donors (Lipinski definition) is 1. The normalized spacial score (nSPS) is 13.6. The third kappa shape index (κ3) is 1.85. The van der Waals surface area contributed by atoms with Gasteiger partial charge in [-0.2, -0.15) is 0 Å². The van der Waals surface area contributed by atoms with Crippen LogP contribution in [0.4, 0.5) is 0 Å². The smallest absolute Gasteiger partial charge is 0.127 e. The van der Waals surface area contributed by atoms with Crippen LogP contribution in [0.3, 0.4) is 0 Å². The van der Waals surface area contributed by atoms with Crippen LogP contribution in [-0.4, -0.2) is 26.7 Å². The molecule has 0 radical (unpaired) electrons. The number of rotatable bonds is 3. The van der Waals surface area contributed by atoms with Crippen molar-refractivity contribution in [3.05, 3.63) is 22.7 Å². The average molecular weight is 284 g/mol. The molecule has 86 valence electrons. The maximum absolute atomic E-state index is 9.40. The third-order valence-corrected chi connectivity index (χ3v) is 3.36. The van der Waals surface area contributed by atoms with Gasteiger partial charge in [-0.1, -0.05) is 25.1 Å². The van der Waals surface area contributed by atoms with E-state index in [9.17, 15) is 5.11 Å². The Morgan fingerprint density at radius 2 is 2.19 bits per heavy atom. The van der Waals surface area contributed by atoms with Crippen LogP contribution in [0.5, 0.6) is 0 Å². The van der Waals surface area contributed by atoms with Crippen molar-refractivity contribution in [1.29, 1.82) is 0 Å². The van der Waals surface area contributed by atoms with E-state index in [0.29, 0.717) is 5.92 Å². The first kappa shape index (κ1) is 11.5. The van der Waals surface area contributed by atoms with E-state index in [-0.39, 0.29) is 12.6 Å². The summed E-state index contributed by atoms with van der Waals surface area (Å²) in [4.78, 5) is 0. The Bertz CT molecular complexity index is 495. The van der Waals surface area contributed by atoms with Crippen LogP contribution in [0, 0.1) is 5.92 Å². The highest BCUT2D eigenvalue weighted by Crippen LogP contribution is 2.25. The Kier molecular flexibility index (Phi) is 3.25. The Balaban J connectivity index is 2.57. The second-order valence-electron chi connectivity index (χ2n) is 4.14. The van der Waals surface area contributed by atoms with Gasteiger partial charge in [0, 0.05) is 4.47 Å². The summed E-state index contributed by atoms with van der Waals surface area (Å²) in [5, 5.41) is 17.6. The monoisotopic (exact) mass is 283 g/mol. The standard InChI is InChI=1S/C11H14BrN3O/c1-7(2)10(6-16)15-9-5-3-4-8(12)11(9)13-14-15/h3-5,7,10,16H,6H2,1-2H3. The second kappa shape index (κ2) is 4.51. The second-order valence-corrected chi connectivity index (χ2v) is 4.99. The van der Waals surface area contributed by atoms with Crippen LogP contribution >= 0.6 is 15.9 Å². The van der Waals surface area contributed by atoms with E-state index in [1.807, 2.05) is 18.2 Å². The predicted octanol–water partition coefficient (Wildman–Crippen LogP) is 2.38. The average Bonchev–Trinajstić information content (AvgIpc) is 2.64. The van der Waals surface area contributed by atoms with E-state index in [2.05, 4.69) is 40.1 Å². The van der Waals surface area contributed by atoms with Crippen LogP contribution in [0.1, 0.15) is 19.9 Å². The highest BCUT2D eigenvalue weighted by atomic mass is 79.9. The van der Waals surface area contributed by atoms with Crippen molar-refractivity contribution in [3.8, 4) is 0 Å². The number of aliphatic hydroxyl groups excluding tert-OH is 1. The lowest BCUT2D eigenvalue weighted by Gasteiger charge is -2.18. The zero-order valence-corrected chi connectivity index (χ0v) is 10.8. The number of nitrogens with zero attached hydrogens (tertiary/aromatic N) is 3. The maximum Gasteiger partial charge on any atom is 0.127 e. The molecule has 0 aliphatic heterocycles. The molecule has 2 rings (SSSR count). The molecule has 1 unspecified atom stereocenters. The van der Waals surface area contributed by atoms with E-state index >= 15 is 0 Å². The van der Waals surface area contributed by atoms with Crippen molar-refractivity contribution >= 4 is 27.0 Å². The molecule has 1 atom stereocenters. The van der Waals surface area contributed by atoms with Crippen molar-refractivity contribution in [3.63, 3.8) is 0 Å². The molecule has 0 bridgehead atoms. The molecule has 2 aromatic rings. The minimum Gasteiger partial charge on any atom is -0.394 e. The molecule has 0 spiro atoms. The molecule has 0 aliphatic rings. The van der Waals surface area contributed by atoms with Gasteiger partial charge in [0.05, 0.1) is 18.2 Å². The summed E-state index contributed by atoms with van der Waals surface area (Å²) < 4.78 is 2.72. The minimum atomic E-state index is -0.0284. The van der Waals surface area contributed by atoms with Crippen molar-refractivity contribution in [2.24, 2.45) is 5.92 Å². The molecule has 5 heteroatoms. The lowest BCUT2D eigenvalue weighted by atomic mass is 10.1. The number of aliphatic hydroxyl groups is 1. The zero-order valence-electron chi connectivity index (χ0n) is 9.26. The zero-order chi connectivity index (χ0) is 11.7. The molecule has 0 saturated carbocycles. The molecule has 0 aliphatic carbocycles. The molecule has 1 aromatic heterocycles. The summed E-state index contributed by atoms with van der Waals surface area (Å²) in [5.41, 5.74) is 1.78. The molecule has 16 heavy (non-hydrogen) atoms. The van der Waals surface area contributed by atoms with Gasteiger partial charge in [0.15, 0.2) is 0 Å². The Morgan fingerprint density at radius 3 is 2.81 bits per heavy atom. The molecule has 1 aromatic carbocycles. The van der Waals surface area contributed by atoms with Gasteiger partial charge in [-0.3, -0.25) is 0 Å². The van der Waals surface area contributed by atoms with E-state index in [0.717, 1.165) is 15.5 Å². The summed E-state index contributed by atoms with van der Waals surface area (Å²) in [6.07, 6.45) is 0. The fourth-order valence-corrected chi connectivity index (χ4v) is 2.18. The number of fused-ring (bicyclic) bond motifs is 1. The van der Waals surface area contributed by atoms with E-state index < -0.39 is 0 Å². The molecule has 0 fully saturated rings. The summed E-state index contributed by atoms with van der Waals surface area (Å²) in [5.74, 6) is 0.314. The number of benzene rings is 1. The Morgan fingerprint density at radius 1 is 1.44 bits per heavy atom. The summed E-state index contributed by atoms with van der Waals surface area (Å²) in [6.45, 7) is 4.20. The van der Waals surface area contributed by atoms with Crippen molar-refractivity contribution < 1.29 is 5.11 Å². The summed E-state index contributed by atoms with van der Waals surface area (Å²) >= 11 is 3.44. The lowest BCUT2D eigenvalue weighted by Crippen LogP contribution is -2.20. The summed E-state index contributed by atoms with van der Waals surface area (Å²) in [6, 6.07) is 5.82. The van der Waals surface area contributed by atoms with Crippen molar-refractivity contribution in [2.45, 2.75) is 19.9 Å². The number of aromatic nitrogens is 3. The van der Waals surface area contributed by atoms with Crippen LogP contribution in [0.2, 0.25) is 0 Å². The first-order valence-electron chi connectivity index (χ1n) is 5.25. The van der Waals surface area contributed by atoms with Gasteiger partial charge in [-0.15, -0.1) is 5.10 Å². The molecule has 0 saturated heterocycles. The topological polar surface area (TPSA) is 50.9 Å². The minimum absolute atomic E-state index is 0.0284. The van der Waals surface area contributed by atoms with Crippen LogP contribution < -0.4 is 0 Å². The molecule has 4 nitrogen and oxygen atoms in total. The Hall–Kier alpha value is -0.940. The first-order valence-corrected chi connectivity index (χ1v) is 6.04. The SMILES string of the molecule is CC(C)C(CO)n1nnc2c(Br)cccc21. The van der Waals surface area contributed by atoms with Gasteiger partial charge in [0.1, 0.15) is 5.52 Å². The summed E-state index contributed by atoms with van der Waals surface area (Å²) in [7, 11) is 0. The number of hydrogen-bond acceptors (Lipinski definition) is 3. The van der Waals surface area contributed by atoms with Gasteiger partial charge in [0.2, 0.25) is 0 Å². The van der Waals surface area contributed by atoms with E-state index in [1.165, 1.54) is 0 Å². The van der Waals surface area contributed by atoms with Crippen LogP contribution in [0.15, 0.2) is 22.7 Å². The first-order chi connectivity index (χ1) is 7.65.